The van der Waals surface area contributed by atoms with Crippen molar-refractivity contribution in [2.75, 3.05) is 13.2 Å². The van der Waals surface area contributed by atoms with Crippen LogP contribution in [0, 0.1) is 0 Å². The number of carboxylic acid groups (broad SMARTS) is 1. The molecule has 0 bridgehead atoms. The third-order valence-corrected chi connectivity index (χ3v) is 6.12. The Balaban J connectivity index is 2.99. The summed E-state index contributed by atoms with van der Waals surface area (Å²) in [6, 6.07) is 0. The molecule has 3 nitrogen and oxygen atoms in total. The second-order valence-electron chi connectivity index (χ2n) is 9.22. The van der Waals surface area contributed by atoms with E-state index in [0.717, 1.165) is 6.42 Å². The van der Waals surface area contributed by atoms with Crippen LogP contribution in [0.2, 0.25) is 0 Å². The lowest BCUT2D eigenvalue weighted by atomic mass is 10.0. The summed E-state index contributed by atoms with van der Waals surface area (Å²) in [5, 5.41) is 8.47. The normalized spacial score (nSPS) is 11.2. The van der Waals surface area contributed by atoms with Gasteiger partial charge in [-0.05, 0) is 6.42 Å². The summed E-state index contributed by atoms with van der Waals surface area (Å²) in [7, 11) is 0. The average molecular weight is 427 g/mol. The monoisotopic (exact) mass is 426 g/mol. The molecule has 0 saturated carbocycles. The Morgan fingerprint density at radius 1 is 0.500 bits per heavy atom. The lowest BCUT2D eigenvalue weighted by molar-refractivity contribution is -0.142. The molecule has 0 aliphatic heterocycles. The van der Waals surface area contributed by atoms with Gasteiger partial charge in [-0.1, -0.05) is 148 Å². The van der Waals surface area contributed by atoms with Crippen LogP contribution in [-0.2, 0) is 9.53 Å². The molecule has 1 N–H and O–H groups in total. The van der Waals surface area contributed by atoms with Gasteiger partial charge in [0.2, 0.25) is 0 Å². The van der Waals surface area contributed by atoms with Gasteiger partial charge in [-0.15, -0.1) is 0 Å². The fourth-order valence-corrected chi connectivity index (χ4v) is 4.15. The van der Waals surface area contributed by atoms with E-state index in [1.807, 2.05) is 0 Å². The molecule has 0 radical (unpaired) electrons. The number of unbranched alkanes of at least 4 members (excludes halogenated alkanes) is 22. The molecule has 0 unspecified atom stereocenters. The zero-order valence-corrected chi connectivity index (χ0v) is 20.4. The largest absolute Gasteiger partial charge is 0.480 e. The number of rotatable bonds is 26. The van der Waals surface area contributed by atoms with E-state index in [9.17, 15) is 4.79 Å². The Hall–Kier alpha value is -0.570. The molecule has 3 heteroatoms. The topological polar surface area (TPSA) is 46.5 Å². The predicted molar refractivity (Wildman–Crippen MR) is 130 cm³/mol. The number of hydrogen-bond donors (Lipinski definition) is 1. The van der Waals surface area contributed by atoms with Crippen molar-refractivity contribution in [2.45, 2.75) is 155 Å². The first-order valence-electron chi connectivity index (χ1n) is 13.6. The van der Waals surface area contributed by atoms with Gasteiger partial charge in [0, 0.05) is 6.61 Å². The smallest absolute Gasteiger partial charge is 0.329 e. The minimum Gasteiger partial charge on any atom is -0.480 e. The Bertz CT molecular complexity index is 330. The van der Waals surface area contributed by atoms with Gasteiger partial charge in [0.05, 0.1) is 0 Å². The van der Waals surface area contributed by atoms with Crippen molar-refractivity contribution < 1.29 is 14.6 Å². The van der Waals surface area contributed by atoms with E-state index in [-0.39, 0.29) is 6.61 Å². The molecule has 0 aromatic carbocycles. The lowest BCUT2D eigenvalue weighted by Crippen LogP contribution is -2.07. The first kappa shape index (κ1) is 29.4. The SMILES string of the molecule is CCCCCCCCCCCCCCCCCCCCCCCCCOCC(=O)O. The molecule has 0 heterocycles. The van der Waals surface area contributed by atoms with Crippen LogP contribution in [0.5, 0.6) is 0 Å². The Morgan fingerprint density at radius 2 is 0.767 bits per heavy atom. The van der Waals surface area contributed by atoms with E-state index >= 15 is 0 Å². The number of aliphatic carboxylic acids is 1. The van der Waals surface area contributed by atoms with Crippen LogP contribution in [0.3, 0.4) is 0 Å². The van der Waals surface area contributed by atoms with E-state index in [1.165, 1.54) is 141 Å². The zero-order valence-electron chi connectivity index (χ0n) is 20.4. The molecular weight excluding hydrogens is 372 g/mol. The van der Waals surface area contributed by atoms with Crippen molar-refractivity contribution in [3.63, 3.8) is 0 Å². The van der Waals surface area contributed by atoms with Crippen LogP contribution in [-0.4, -0.2) is 24.3 Å². The third-order valence-electron chi connectivity index (χ3n) is 6.12. The quantitative estimate of drug-likeness (QED) is 0.140. The molecule has 0 aromatic heterocycles. The summed E-state index contributed by atoms with van der Waals surface area (Å²) in [4.78, 5) is 10.3. The number of ether oxygens (including phenoxy) is 1. The Labute approximate surface area is 188 Å². The molecule has 30 heavy (non-hydrogen) atoms. The fourth-order valence-electron chi connectivity index (χ4n) is 4.15. The molecule has 0 saturated heterocycles. The van der Waals surface area contributed by atoms with Crippen molar-refractivity contribution >= 4 is 5.97 Å². The van der Waals surface area contributed by atoms with Gasteiger partial charge in [-0.3, -0.25) is 0 Å². The lowest BCUT2D eigenvalue weighted by Gasteiger charge is -2.04. The van der Waals surface area contributed by atoms with Crippen molar-refractivity contribution in [1.82, 2.24) is 0 Å². The van der Waals surface area contributed by atoms with Crippen LogP contribution in [0.1, 0.15) is 155 Å². The molecule has 0 fully saturated rings. The maximum Gasteiger partial charge on any atom is 0.329 e. The first-order valence-corrected chi connectivity index (χ1v) is 13.6. The summed E-state index contributed by atoms with van der Waals surface area (Å²) >= 11 is 0. The standard InChI is InChI=1S/C27H54O3/c1-2-3-4-5-6-7-8-9-10-11-12-13-14-15-16-17-18-19-20-21-22-23-24-25-30-26-27(28)29/h2-26H2,1H3,(H,28,29). The van der Waals surface area contributed by atoms with E-state index in [1.54, 1.807) is 0 Å². The maximum atomic E-state index is 10.3. The van der Waals surface area contributed by atoms with Gasteiger partial charge in [0.1, 0.15) is 6.61 Å². The number of carboxylic acids is 1. The van der Waals surface area contributed by atoms with E-state index < -0.39 is 5.97 Å². The van der Waals surface area contributed by atoms with Crippen molar-refractivity contribution in [1.29, 1.82) is 0 Å². The van der Waals surface area contributed by atoms with Crippen molar-refractivity contribution in [3.8, 4) is 0 Å². The van der Waals surface area contributed by atoms with Gasteiger partial charge < -0.3 is 9.84 Å². The van der Waals surface area contributed by atoms with Gasteiger partial charge in [-0.2, -0.15) is 0 Å². The molecular formula is C27H54O3. The summed E-state index contributed by atoms with van der Waals surface area (Å²) in [5.74, 6) is -0.871. The zero-order chi connectivity index (χ0) is 22.0. The van der Waals surface area contributed by atoms with Crippen molar-refractivity contribution in [3.05, 3.63) is 0 Å². The minimum atomic E-state index is -0.871. The Kier molecular flexibility index (Phi) is 26.0. The highest BCUT2D eigenvalue weighted by atomic mass is 16.5. The second-order valence-corrected chi connectivity index (χ2v) is 9.22. The third kappa shape index (κ3) is 27.4. The van der Waals surface area contributed by atoms with E-state index in [4.69, 9.17) is 9.84 Å². The number of hydrogen-bond acceptors (Lipinski definition) is 2. The molecule has 0 spiro atoms. The Morgan fingerprint density at radius 3 is 1.03 bits per heavy atom. The van der Waals surface area contributed by atoms with Crippen LogP contribution < -0.4 is 0 Å². The first-order chi connectivity index (χ1) is 14.8. The number of carbonyl (C=O) groups is 1. The van der Waals surface area contributed by atoms with Crippen LogP contribution in [0.15, 0.2) is 0 Å². The fraction of sp³-hybridized carbons (Fsp3) is 0.963. The predicted octanol–water partition coefficient (Wildman–Crippen LogP) is 9.08. The minimum absolute atomic E-state index is 0.153. The highest BCUT2D eigenvalue weighted by Crippen LogP contribution is 2.15. The second kappa shape index (κ2) is 26.5. The van der Waals surface area contributed by atoms with Gasteiger partial charge >= 0.3 is 5.97 Å². The van der Waals surface area contributed by atoms with Gasteiger partial charge in [0.15, 0.2) is 0 Å². The maximum absolute atomic E-state index is 10.3. The van der Waals surface area contributed by atoms with Crippen LogP contribution in [0.25, 0.3) is 0 Å². The van der Waals surface area contributed by atoms with Crippen molar-refractivity contribution in [2.24, 2.45) is 0 Å². The molecule has 0 atom stereocenters. The molecule has 0 aromatic rings. The highest BCUT2D eigenvalue weighted by molar-refractivity contribution is 5.67. The van der Waals surface area contributed by atoms with E-state index in [2.05, 4.69) is 6.92 Å². The summed E-state index contributed by atoms with van der Waals surface area (Å²) in [6.07, 6.45) is 32.0. The molecule has 0 aliphatic carbocycles. The van der Waals surface area contributed by atoms with Gasteiger partial charge in [-0.25, -0.2) is 4.79 Å². The summed E-state index contributed by atoms with van der Waals surface area (Å²) in [5.41, 5.74) is 0. The molecule has 0 amide bonds. The van der Waals surface area contributed by atoms with E-state index in [0.29, 0.717) is 6.61 Å². The summed E-state index contributed by atoms with van der Waals surface area (Å²) < 4.78 is 5.04. The van der Waals surface area contributed by atoms with Crippen LogP contribution in [0.4, 0.5) is 0 Å². The van der Waals surface area contributed by atoms with Crippen LogP contribution >= 0.6 is 0 Å². The summed E-state index contributed by atoms with van der Waals surface area (Å²) in [6.45, 7) is 2.73. The highest BCUT2D eigenvalue weighted by Gasteiger charge is 1.97. The molecule has 180 valence electrons. The van der Waals surface area contributed by atoms with Gasteiger partial charge in [0.25, 0.3) is 0 Å². The average Bonchev–Trinajstić information content (AvgIpc) is 2.73. The molecule has 0 rings (SSSR count). The molecule has 0 aliphatic rings.